The molecule has 0 bridgehead atoms. The SMILES string of the molecule is CCC(NC(=O)c1cccc(F)c1Cl)c1ncc[nH]1. The molecule has 100 valence electrons. The minimum absolute atomic E-state index is 0.117. The van der Waals surface area contributed by atoms with E-state index < -0.39 is 11.7 Å². The number of imidazole rings is 1. The van der Waals surface area contributed by atoms with E-state index in [1.165, 1.54) is 18.2 Å². The highest BCUT2D eigenvalue weighted by Crippen LogP contribution is 2.21. The van der Waals surface area contributed by atoms with Crippen molar-refractivity contribution in [2.75, 3.05) is 0 Å². The topological polar surface area (TPSA) is 57.8 Å². The van der Waals surface area contributed by atoms with Gasteiger partial charge < -0.3 is 10.3 Å². The first-order valence-electron chi connectivity index (χ1n) is 5.87. The van der Waals surface area contributed by atoms with Gasteiger partial charge in [0.25, 0.3) is 5.91 Å². The molecule has 19 heavy (non-hydrogen) atoms. The molecule has 0 fully saturated rings. The summed E-state index contributed by atoms with van der Waals surface area (Å²) >= 11 is 5.78. The molecule has 2 N–H and O–H groups in total. The zero-order valence-electron chi connectivity index (χ0n) is 10.3. The van der Waals surface area contributed by atoms with E-state index in [4.69, 9.17) is 11.6 Å². The fourth-order valence-corrected chi connectivity index (χ4v) is 1.96. The van der Waals surface area contributed by atoms with Crippen molar-refractivity contribution in [2.45, 2.75) is 19.4 Å². The summed E-state index contributed by atoms with van der Waals surface area (Å²) in [6.07, 6.45) is 3.95. The number of H-pyrrole nitrogens is 1. The van der Waals surface area contributed by atoms with Crippen molar-refractivity contribution in [1.29, 1.82) is 0 Å². The van der Waals surface area contributed by atoms with Crippen LogP contribution in [0.4, 0.5) is 4.39 Å². The first-order chi connectivity index (χ1) is 9.13. The van der Waals surface area contributed by atoms with Gasteiger partial charge >= 0.3 is 0 Å². The minimum Gasteiger partial charge on any atom is -0.347 e. The van der Waals surface area contributed by atoms with Gasteiger partial charge in [-0.25, -0.2) is 9.37 Å². The second-order valence-corrected chi connectivity index (χ2v) is 4.39. The summed E-state index contributed by atoms with van der Waals surface area (Å²) in [6.45, 7) is 1.92. The van der Waals surface area contributed by atoms with E-state index in [9.17, 15) is 9.18 Å². The van der Waals surface area contributed by atoms with Crippen LogP contribution in [0.3, 0.4) is 0 Å². The van der Waals surface area contributed by atoms with E-state index in [-0.39, 0.29) is 16.6 Å². The molecule has 1 aromatic carbocycles. The summed E-state index contributed by atoms with van der Waals surface area (Å²) in [4.78, 5) is 19.1. The van der Waals surface area contributed by atoms with E-state index in [0.717, 1.165) is 0 Å². The summed E-state index contributed by atoms with van der Waals surface area (Å²) in [7, 11) is 0. The highest BCUT2D eigenvalue weighted by molar-refractivity contribution is 6.34. The number of carbonyl (C=O) groups excluding carboxylic acids is 1. The highest BCUT2D eigenvalue weighted by atomic mass is 35.5. The number of carbonyl (C=O) groups is 1. The van der Waals surface area contributed by atoms with Crippen LogP contribution in [0.2, 0.25) is 5.02 Å². The Balaban J connectivity index is 2.18. The Hall–Kier alpha value is -1.88. The standard InChI is InChI=1S/C13H13ClFN3O/c1-2-10(12-16-6-7-17-12)18-13(19)8-4-3-5-9(15)11(8)14/h3-7,10H,2H2,1H3,(H,16,17)(H,18,19). The molecule has 1 heterocycles. The maximum absolute atomic E-state index is 13.3. The summed E-state index contributed by atoms with van der Waals surface area (Å²) < 4.78 is 13.3. The van der Waals surface area contributed by atoms with Gasteiger partial charge in [-0.1, -0.05) is 24.6 Å². The molecular formula is C13H13ClFN3O. The molecule has 0 radical (unpaired) electrons. The van der Waals surface area contributed by atoms with Gasteiger partial charge in [0.05, 0.1) is 16.6 Å². The molecule has 2 aromatic rings. The van der Waals surface area contributed by atoms with Gasteiger partial charge in [0.2, 0.25) is 0 Å². The monoisotopic (exact) mass is 281 g/mol. The van der Waals surface area contributed by atoms with Crippen LogP contribution in [0.1, 0.15) is 35.6 Å². The minimum atomic E-state index is -0.611. The summed E-state index contributed by atoms with van der Waals surface area (Å²) in [5.41, 5.74) is 0.117. The molecule has 6 heteroatoms. The maximum atomic E-state index is 13.3. The van der Waals surface area contributed by atoms with E-state index >= 15 is 0 Å². The molecule has 4 nitrogen and oxygen atoms in total. The molecule has 0 saturated carbocycles. The zero-order chi connectivity index (χ0) is 13.8. The molecule has 1 unspecified atom stereocenters. The zero-order valence-corrected chi connectivity index (χ0v) is 11.0. The van der Waals surface area contributed by atoms with Crippen molar-refractivity contribution in [3.63, 3.8) is 0 Å². The number of nitrogens with one attached hydrogen (secondary N) is 2. The number of halogens is 2. The number of aromatic nitrogens is 2. The molecule has 1 amide bonds. The van der Waals surface area contributed by atoms with Gasteiger partial charge in [-0.05, 0) is 18.6 Å². The van der Waals surface area contributed by atoms with E-state index in [0.29, 0.717) is 12.2 Å². The Morgan fingerprint density at radius 2 is 2.37 bits per heavy atom. The average Bonchev–Trinajstić information content (AvgIpc) is 2.92. The molecule has 1 atom stereocenters. The summed E-state index contributed by atoms with van der Waals surface area (Å²) in [6, 6.07) is 3.88. The van der Waals surface area contributed by atoms with E-state index in [2.05, 4.69) is 15.3 Å². The Labute approximate surface area is 115 Å². The van der Waals surface area contributed by atoms with Crippen LogP contribution in [0.25, 0.3) is 0 Å². The van der Waals surface area contributed by atoms with Crippen LogP contribution < -0.4 is 5.32 Å². The fourth-order valence-electron chi connectivity index (χ4n) is 1.75. The van der Waals surface area contributed by atoms with Crippen LogP contribution in [0, 0.1) is 5.82 Å². The van der Waals surface area contributed by atoms with Gasteiger partial charge in [0, 0.05) is 12.4 Å². The molecule has 0 aliphatic rings. The number of hydrogen-bond donors (Lipinski definition) is 2. The summed E-state index contributed by atoms with van der Waals surface area (Å²) in [5.74, 6) is -0.378. The highest BCUT2D eigenvalue weighted by Gasteiger charge is 2.18. The lowest BCUT2D eigenvalue weighted by atomic mass is 10.1. The third-order valence-electron chi connectivity index (χ3n) is 2.76. The van der Waals surface area contributed by atoms with Crippen molar-refractivity contribution in [2.24, 2.45) is 0 Å². The van der Waals surface area contributed by atoms with Crippen molar-refractivity contribution in [1.82, 2.24) is 15.3 Å². The van der Waals surface area contributed by atoms with Crippen molar-refractivity contribution in [3.8, 4) is 0 Å². The number of nitrogens with zero attached hydrogens (tertiary/aromatic N) is 1. The average molecular weight is 282 g/mol. The quantitative estimate of drug-likeness (QED) is 0.905. The molecule has 0 spiro atoms. The van der Waals surface area contributed by atoms with Crippen LogP contribution >= 0.6 is 11.6 Å². The van der Waals surface area contributed by atoms with Crippen molar-refractivity contribution < 1.29 is 9.18 Å². The molecule has 2 rings (SSSR count). The Morgan fingerprint density at radius 3 is 3.00 bits per heavy atom. The number of aromatic amines is 1. The fraction of sp³-hybridized carbons (Fsp3) is 0.231. The van der Waals surface area contributed by atoms with Gasteiger partial charge in [-0.2, -0.15) is 0 Å². The lowest BCUT2D eigenvalue weighted by molar-refractivity contribution is 0.0933. The Kier molecular flexibility index (Phi) is 4.16. The number of amides is 1. The van der Waals surface area contributed by atoms with Gasteiger partial charge in [-0.15, -0.1) is 0 Å². The molecular weight excluding hydrogens is 269 g/mol. The van der Waals surface area contributed by atoms with Gasteiger partial charge in [0.15, 0.2) is 0 Å². The normalized spacial score (nSPS) is 12.2. The van der Waals surface area contributed by atoms with Crippen molar-refractivity contribution >= 4 is 17.5 Å². The van der Waals surface area contributed by atoms with Crippen molar-refractivity contribution in [3.05, 3.63) is 52.8 Å². The molecule has 0 aliphatic heterocycles. The first kappa shape index (κ1) is 13.5. The van der Waals surface area contributed by atoms with Gasteiger partial charge in [-0.3, -0.25) is 4.79 Å². The predicted molar refractivity (Wildman–Crippen MR) is 70.5 cm³/mol. The van der Waals surface area contributed by atoms with Crippen LogP contribution in [-0.2, 0) is 0 Å². The third kappa shape index (κ3) is 2.93. The Bertz CT molecular complexity index is 571. The van der Waals surface area contributed by atoms with E-state index in [1.807, 2.05) is 6.92 Å². The number of benzene rings is 1. The van der Waals surface area contributed by atoms with Gasteiger partial charge in [0.1, 0.15) is 11.6 Å². The largest absolute Gasteiger partial charge is 0.347 e. The maximum Gasteiger partial charge on any atom is 0.253 e. The number of hydrogen-bond acceptors (Lipinski definition) is 2. The third-order valence-corrected chi connectivity index (χ3v) is 3.14. The second kappa shape index (κ2) is 5.84. The van der Waals surface area contributed by atoms with Crippen LogP contribution in [-0.4, -0.2) is 15.9 Å². The lowest BCUT2D eigenvalue weighted by Crippen LogP contribution is -2.29. The molecule has 0 aliphatic carbocycles. The molecule has 1 aromatic heterocycles. The Morgan fingerprint density at radius 1 is 1.58 bits per heavy atom. The first-order valence-corrected chi connectivity index (χ1v) is 6.25. The number of rotatable bonds is 4. The van der Waals surface area contributed by atoms with E-state index in [1.54, 1.807) is 12.4 Å². The smallest absolute Gasteiger partial charge is 0.253 e. The summed E-state index contributed by atoms with van der Waals surface area (Å²) in [5, 5.41) is 2.60. The molecule has 0 saturated heterocycles. The predicted octanol–water partition coefficient (Wildman–Crippen LogP) is 3.08. The van der Waals surface area contributed by atoms with Crippen LogP contribution in [0.15, 0.2) is 30.6 Å². The lowest BCUT2D eigenvalue weighted by Gasteiger charge is -2.15. The van der Waals surface area contributed by atoms with Crippen LogP contribution in [0.5, 0.6) is 0 Å². The second-order valence-electron chi connectivity index (χ2n) is 4.01.